The zero-order chi connectivity index (χ0) is 25.3. The van der Waals surface area contributed by atoms with Gasteiger partial charge >= 0.3 is 0 Å². The van der Waals surface area contributed by atoms with Gasteiger partial charge in [0.2, 0.25) is 5.13 Å². The van der Waals surface area contributed by atoms with Gasteiger partial charge in [0.25, 0.3) is 0 Å². The van der Waals surface area contributed by atoms with E-state index in [-0.39, 0.29) is 6.61 Å². The number of azo groups is 1. The Labute approximate surface area is 218 Å². The number of aliphatic hydroxyl groups excluding tert-OH is 1. The van der Waals surface area contributed by atoms with Crippen LogP contribution in [-0.4, -0.2) is 36.4 Å². The molecule has 0 aliphatic rings. The molecule has 0 saturated carbocycles. The number of hydrogen-bond acceptors (Lipinski definition) is 9. The van der Waals surface area contributed by atoms with Crippen molar-refractivity contribution in [1.29, 1.82) is 5.26 Å². The van der Waals surface area contributed by atoms with Crippen molar-refractivity contribution in [3.8, 4) is 11.8 Å². The van der Waals surface area contributed by atoms with Crippen LogP contribution >= 0.6 is 22.7 Å². The highest BCUT2D eigenvalue weighted by molar-refractivity contribution is 7.29. The molecule has 9 heteroatoms. The van der Waals surface area contributed by atoms with Gasteiger partial charge in [0.1, 0.15) is 10.6 Å². The van der Waals surface area contributed by atoms with Gasteiger partial charge in [0, 0.05) is 36.7 Å². The van der Waals surface area contributed by atoms with Gasteiger partial charge < -0.3 is 14.7 Å². The number of aliphatic hydroxyl groups is 1. The van der Waals surface area contributed by atoms with Crippen molar-refractivity contribution >= 4 is 60.4 Å². The zero-order valence-corrected chi connectivity index (χ0v) is 21.9. The summed E-state index contributed by atoms with van der Waals surface area (Å²) >= 11 is 3.00. The third kappa shape index (κ3) is 6.34. The molecule has 0 aliphatic heterocycles. The second-order valence-corrected chi connectivity index (χ2v) is 9.89. The third-order valence-corrected chi connectivity index (χ3v) is 7.46. The van der Waals surface area contributed by atoms with Crippen LogP contribution in [0.2, 0.25) is 0 Å². The first-order valence-corrected chi connectivity index (χ1v) is 13.4. The van der Waals surface area contributed by atoms with E-state index >= 15 is 0 Å². The van der Waals surface area contributed by atoms with Gasteiger partial charge in [-0.2, -0.15) is 5.26 Å². The first kappa shape index (κ1) is 25.5. The standard InChI is InChI=1S/C27H27N5O2S2/c1-3-32(4-2)22-10-8-21(9-11-22)30-31-27-29-26-25(36-27)17-24(35-26)16-20(18-28)19-6-12-23(13-7-19)34-15-5-14-33/h6-13,16-17,33H,3-5,14-15H2,1-2H3/b20-16+,31-30?. The molecule has 2 aromatic heterocycles. The number of nitriles is 1. The van der Waals surface area contributed by atoms with Gasteiger partial charge in [-0.05, 0) is 80.1 Å². The van der Waals surface area contributed by atoms with Crippen molar-refractivity contribution in [3.05, 3.63) is 65.0 Å². The lowest BCUT2D eigenvalue weighted by Gasteiger charge is -2.20. The predicted octanol–water partition coefficient (Wildman–Crippen LogP) is 7.44. The highest BCUT2D eigenvalue weighted by Crippen LogP contribution is 2.36. The number of aromatic nitrogens is 1. The maximum atomic E-state index is 9.69. The minimum Gasteiger partial charge on any atom is -0.494 e. The molecule has 36 heavy (non-hydrogen) atoms. The molecule has 0 fully saturated rings. The average molecular weight is 518 g/mol. The Morgan fingerprint density at radius 1 is 1.08 bits per heavy atom. The minimum atomic E-state index is 0.0991. The summed E-state index contributed by atoms with van der Waals surface area (Å²) in [5.41, 5.74) is 3.35. The van der Waals surface area contributed by atoms with E-state index in [0.29, 0.717) is 29.5 Å². The van der Waals surface area contributed by atoms with E-state index < -0.39 is 0 Å². The first-order valence-electron chi connectivity index (χ1n) is 11.8. The number of anilines is 1. The van der Waals surface area contributed by atoms with Crippen LogP contribution < -0.4 is 9.64 Å². The van der Waals surface area contributed by atoms with Crippen LogP contribution in [0.15, 0.2) is 64.8 Å². The molecule has 4 rings (SSSR count). The normalized spacial score (nSPS) is 11.8. The topological polar surface area (TPSA) is 94.1 Å². The lowest BCUT2D eigenvalue weighted by atomic mass is 10.1. The van der Waals surface area contributed by atoms with Crippen LogP contribution in [0.4, 0.5) is 16.5 Å². The van der Waals surface area contributed by atoms with Gasteiger partial charge in [0.15, 0.2) is 0 Å². The number of rotatable bonds is 11. The predicted molar refractivity (Wildman–Crippen MR) is 149 cm³/mol. The molecule has 0 atom stereocenters. The van der Waals surface area contributed by atoms with Gasteiger partial charge in [-0.3, -0.25) is 0 Å². The van der Waals surface area contributed by atoms with E-state index in [1.54, 1.807) is 0 Å². The first-order chi connectivity index (χ1) is 17.6. The monoisotopic (exact) mass is 517 g/mol. The summed E-state index contributed by atoms with van der Waals surface area (Å²) < 4.78 is 6.58. The van der Waals surface area contributed by atoms with Crippen LogP contribution in [0.1, 0.15) is 30.7 Å². The van der Waals surface area contributed by atoms with Crippen molar-refractivity contribution in [2.45, 2.75) is 20.3 Å². The number of nitrogens with zero attached hydrogens (tertiary/aromatic N) is 5. The highest BCUT2D eigenvalue weighted by Gasteiger charge is 2.10. The minimum absolute atomic E-state index is 0.0991. The maximum absolute atomic E-state index is 9.69. The Hall–Kier alpha value is -3.58. The van der Waals surface area contributed by atoms with Crippen molar-refractivity contribution in [1.82, 2.24) is 4.98 Å². The Kier molecular flexibility index (Phi) is 8.79. The van der Waals surface area contributed by atoms with Crippen molar-refractivity contribution in [2.75, 3.05) is 31.2 Å². The number of allylic oxidation sites excluding steroid dienone is 1. The molecule has 0 unspecified atom stereocenters. The van der Waals surface area contributed by atoms with Crippen LogP contribution in [0, 0.1) is 11.3 Å². The number of fused-ring (bicyclic) bond motifs is 1. The zero-order valence-electron chi connectivity index (χ0n) is 20.2. The number of benzene rings is 2. The van der Waals surface area contributed by atoms with Crippen LogP contribution in [0.5, 0.6) is 5.75 Å². The van der Waals surface area contributed by atoms with Crippen molar-refractivity contribution in [3.63, 3.8) is 0 Å². The summed E-state index contributed by atoms with van der Waals surface area (Å²) in [6, 6.07) is 19.8. The average Bonchev–Trinajstić information content (AvgIpc) is 3.46. The van der Waals surface area contributed by atoms with E-state index in [1.165, 1.54) is 28.4 Å². The van der Waals surface area contributed by atoms with E-state index in [4.69, 9.17) is 9.84 Å². The molecule has 184 valence electrons. The van der Waals surface area contributed by atoms with Crippen LogP contribution in [-0.2, 0) is 0 Å². The molecule has 2 heterocycles. The van der Waals surface area contributed by atoms with Gasteiger partial charge in [-0.1, -0.05) is 11.3 Å². The molecule has 0 bridgehead atoms. The van der Waals surface area contributed by atoms with Crippen LogP contribution in [0.3, 0.4) is 0 Å². The number of hydrogen-bond donors (Lipinski definition) is 1. The van der Waals surface area contributed by atoms with E-state index in [9.17, 15) is 5.26 Å². The van der Waals surface area contributed by atoms with Gasteiger partial charge in [0.05, 0.1) is 28.6 Å². The van der Waals surface area contributed by atoms with Crippen molar-refractivity contribution < 1.29 is 9.84 Å². The van der Waals surface area contributed by atoms with Gasteiger partial charge in [-0.15, -0.1) is 21.6 Å². The molecular weight excluding hydrogens is 490 g/mol. The fraction of sp³-hybridized carbons (Fsp3) is 0.259. The second kappa shape index (κ2) is 12.4. The van der Waals surface area contributed by atoms with Crippen molar-refractivity contribution in [2.24, 2.45) is 10.2 Å². The largest absolute Gasteiger partial charge is 0.494 e. The lowest BCUT2D eigenvalue weighted by molar-refractivity contribution is 0.233. The second-order valence-electron chi connectivity index (χ2n) is 7.82. The number of thiazole rings is 1. The smallest absolute Gasteiger partial charge is 0.231 e. The summed E-state index contributed by atoms with van der Waals surface area (Å²) in [7, 11) is 0. The summed E-state index contributed by atoms with van der Waals surface area (Å²) in [5.74, 6) is 0.715. The molecule has 1 N–H and O–H groups in total. The fourth-order valence-electron chi connectivity index (χ4n) is 3.58. The number of ether oxygens (including phenoxy) is 1. The summed E-state index contributed by atoms with van der Waals surface area (Å²) in [6.45, 7) is 6.77. The molecule has 4 aromatic rings. The Morgan fingerprint density at radius 2 is 1.83 bits per heavy atom. The summed E-state index contributed by atoms with van der Waals surface area (Å²) in [5, 5.41) is 27.8. The Balaban J connectivity index is 1.44. The summed E-state index contributed by atoms with van der Waals surface area (Å²) in [4.78, 5) is 8.71. The maximum Gasteiger partial charge on any atom is 0.231 e. The lowest BCUT2D eigenvalue weighted by Crippen LogP contribution is -2.21. The molecule has 0 amide bonds. The van der Waals surface area contributed by atoms with E-state index in [0.717, 1.165) is 38.7 Å². The Morgan fingerprint density at radius 3 is 2.47 bits per heavy atom. The molecular formula is C27H27N5O2S2. The fourth-order valence-corrected chi connectivity index (χ4v) is 5.57. The molecule has 0 spiro atoms. The molecule has 0 saturated heterocycles. The molecule has 2 aromatic carbocycles. The van der Waals surface area contributed by atoms with Crippen LogP contribution in [0.25, 0.3) is 21.2 Å². The van der Waals surface area contributed by atoms with E-state index in [1.807, 2.05) is 48.5 Å². The Bertz CT molecular complexity index is 1350. The highest BCUT2D eigenvalue weighted by atomic mass is 32.1. The summed E-state index contributed by atoms with van der Waals surface area (Å²) in [6.07, 6.45) is 2.46. The molecule has 0 radical (unpaired) electrons. The van der Waals surface area contributed by atoms with Gasteiger partial charge in [-0.25, -0.2) is 4.98 Å². The molecule has 0 aliphatic carbocycles. The SMILES string of the molecule is CCN(CC)c1ccc(N=Nc2nc3sc(/C=C(\C#N)c4ccc(OCCCO)cc4)cc3s2)cc1. The van der Waals surface area contributed by atoms with E-state index in [2.05, 4.69) is 52.2 Å². The number of thiophene rings is 1. The third-order valence-electron chi connectivity index (χ3n) is 5.47. The molecule has 7 nitrogen and oxygen atoms in total. The quantitative estimate of drug-likeness (QED) is 0.127.